The highest BCUT2D eigenvalue weighted by Crippen LogP contribution is 2.28. The number of nitrogens with zero attached hydrogens (tertiary/aromatic N) is 3. The van der Waals surface area contributed by atoms with Crippen molar-refractivity contribution in [2.75, 3.05) is 0 Å². The fourth-order valence-corrected chi connectivity index (χ4v) is 1.90. The summed E-state index contributed by atoms with van der Waals surface area (Å²) in [7, 11) is 0. The Morgan fingerprint density at radius 1 is 1.40 bits per heavy atom. The molecule has 6 heteroatoms. The summed E-state index contributed by atoms with van der Waals surface area (Å²) in [5.41, 5.74) is 0.647. The summed E-state index contributed by atoms with van der Waals surface area (Å²) in [6, 6.07) is 5.75. The van der Waals surface area contributed by atoms with Crippen molar-refractivity contribution in [2.24, 2.45) is 0 Å². The molecule has 2 rings (SSSR count). The van der Waals surface area contributed by atoms with Gasteiger partial charge in [0, 0.05) is 6.07 Å². The second kappa shape index (κ2) is 6.31. The number of nitriles is 1. The van der Waals surface area contributed by atoms with E-state index in [-0.39, 0.29) is 11.3 Å². The van der Waals surface area contributed by atoms with Crippen molar-refractivity contribution in [3.8, 4) is 17.7 Å². The summed E-state index contributed by atoms with van der Waals surface area (Å²) in [5.74, 6) is -0.0771. The van der Waals surface area contributed by atoms with E-state index in [1.807, 2.05) is 6.92 Å². The monoisotopic (exact) mass is 291 g/mol. The maximum atomic E-state index is 13.5. The fourth-order valence-electron chi connectivity index (χ4n) is 1.69. The van der Waals surface area contributed by atoms with Crippen LogP contribution in [0, 0.1) is 17.1 Å². The van der Waals surface area contributed by atoms with Crippen molar-refractivity contribution in [1.82, 2.24) is 9.97 Å². The highest BCUT2D eigenvalue weighted by Gasteiger charge is 2.12. The van der Waals surface area contributed by atoms with Crippen LogP contribution >= 0.6 is 11.6 Å². The van der Waals surface area contributed by atoms with Gasteiger partial charge in [0.05, 0.1) is 11.1 Å². The lowest BCUT2D eigenvalue weighted by Crippen LogP contribution is -1.98. The second-order valence-corrected chi connectivity index (χ2v) is 4.41. The molecule has 4 nitrogen and oxygen atoms in total. The number of halogens is 2. The summed E-state index contributed by atoms with van der Waals surface area (Å²) < 4.78 is 19.1. The number of benzene rings is 1. The zero-order valence-electron chi connectivity index (χ0n) is 10.7. The Balaban J connectivity index is 2.33. The van der Waals surface area contributed by atoms with Gasteiger partial charge in [-0.15, -0.1) is 0 Å². The van der Waals surface area contributed by atoms with Crippen LogP contribution in [0.2, 0.25) is 5.15 Å². The number of hydrogen-bond acceptors (Lipinski definition) is 4. The molecule has 0 aliphatic carbocycles. The van der Waals surface area contributed by atoms with Crippen molar-refractivity contribution >= 4 is 11.6 Å². The first-order valence-electron chi connectivity index (χ1n) is 6.02. The van der Waals surface area contributed by atoms with Crippen LogP contribution in [0.4, 0.5) is 4.39 Å². The minimum Gasteiger partial charge on any atom is -0.438 e. The summed E-state index contributed by atoms with van der Waals surface area (Å²) in [5, 5.41) is 9.01. The molecule has 0 bridgehead atoms. The summed E-state index contributed by atoms with van der Waals surface area (Å²) >= 11 is 6.01. The number of rotatable bonds is 4. The van der Waals surface area contributed by atoms with Gasteiger partial charge < -0.3 is 4.74 Å². The molecule has 0 unspecified atom stereocenters. The second-order valence-electron chi connectivity index (χ2n) is 4.05. The standard InChI is InChI=1S/C14H11ClFN3O/c1-2-3-11-13(15)18-8-19-14(11)20-10-5-4-9(7-17)12(16)6-10/h4-6,8H,2-3H2,1H3. The van der Waals surface area contributed by atoms with Gasteiger partial charge in [-0.3, -0.25) is 0 Å². The molecule has 2 aromatic rings. The van der Waals surface area contributed by atoms with Gasteiger partial charge in [-0.25, -0.2) is 14.4 Å². The Morgan fingerprint density at radius 3 is 2.85 bits per heavy atom. The Hall–Kier alpha value is -2.19. The predicted molar refractivity (Wildman–Crippen MR) is 72.2 cm³/mol. The van der Waals surface area contributed by atoms with Crippen LogP contribution in [0.15, 0.2) is 24.5 Å². The third-order valence-corrected chi connectivity index (χ3v) is 2.95. The SMILES string of the molecule is CCCc1c(Cl)ncnc1Oc1ccc(C#N)c(F)c1. The van der Waals surface area contributed by atoms with E-state index in [2.05, 4.69) is 9.97 Å². The Labute approximate surface area is 120 Å². The lowest BCUT2D eigenvalue weighted by Gasteiger charge is -2.10. The van der Waals surface area contributed by atoms with Crippen molar-refractivity contribution in [3.05, 3.63) is 46.6 Å². The summed E-state index contributed by atoms with van der Waals surface area (Å²) in [6.07, 6.45) is 2.80. The zero-order valence-corrected chi connectivity index (χ0v) is 11.5. The van der Waals surface area contributed by atoms with Crippen LogP contribution in [0.1, 0.15) is 24.5 Å². The third kappa shape index (κ3) is 3.03. The van der Waals surface area contributed by atoms with E-state index >= 15 is 0 Å². The molecule has 0 aliphatic rings. The average molecular weight is 292 g/mol. The fraction of sp³-hybridized carbons (Fsp3) is 0.214. The summed E-state index contributed by atoms with van der Waals surface area (Å²) in [4.78, 5) is 7.92. The van der Waals surface area contributed by atoms with E-state index in [1.165, 1.54) is 18.5 Å². The van der Waals surface area contributed by atoms with Gasteiger partial charge in [-0.1, -0.05) is 24.9 Å². The maximum Gasteiger partial charge on any atom is 0.227 e. The van der Waals surface area contributed by atoms with Crippen molar-refractivity contribution < 1.29 is 9.13 Å². The van der Waals surface area contributed by atoms with Gasteiger partial charge in [0.15, 0.2) is 0 Å². The van der Waals surface area contributed by atoms with Crippen LogP contribution in [0.25, 0.3) is 0 Å². The van der Waals surface area contributed by atoms with E-state index in [4.69, 9.17) is 21.6 Å². The van der Waals surface area contributed by atoms with Crippen molar-refractivity contribution in [1.29, 1.82) is 5.26 Å². The van der Waals surface area contributed by atoms with E-state index in [0.29, 0.717) is 23.0 Å². The van der Waals surface area contributed by atoms with Gasteiger partial charge in [-0.05, 0) is 18.6 Å². The van der Waals surface area contributed by atoms with Gasteiger partial charge in [0.2, 0.25) is 5.88 Å². The van der Waals surface area contributed by atoms with Crippen LogP contribution < -0.4 is 4.74 Å². The van der Waals surface area contributed by atoms with Crippen LogP contribution in [-0.2, 0) is 6.42 Å². The highest BCUT2D eigenvalue weighted by molar-refractivity contribution is 6.30. The van der Waals surface area contributed by atoms with Crippen molar-refractivity contribution in [3.63, 3.8) is 0 Å². The first-order valence-corrected chi connectivity index (χ1v) is 6.40. The molecule has 0 spiro atoms. The molecule has 0 N–H and O–H groups in total. The van der Waals surface area contributed by atoms with Gasteiger partial charge in [0.25, 0.3) is 0 Å². The minimum atomic E-state index is -0.637. The van der Waals surface area contributed by atoms with Gasteiger partial charge in [-0.2, -0.15) is 5.26 Å². The molecule has 0 saturated heterocycles. The highest BCUT2D eigenvalue weighted by atomic mass is 35.5. The molecule has 1 aromatic carbocycles. The largest absolute Gasteiger partial charge is 0.438 e. The molecule has 0 amide bonds. The van der Waals surface area contributed by atoms with E-state index < -0.39 is 5.82 Å². The number of aromatic nitrogens is 2. The first-order chi connectivity index (χ1) is 9.65. The molecule has 0 saturated carbocycles. The normalized spacial score (nSPS) is 10.1. The Morgan fingerprint density at radius 2 is 2.20 bits per heavy atom. The molecule has 1 heterocycles. The number of ether oxygens (including phenoxy) is 1. The van der Waals surface area contributed by atoms with Crippen LogP contribution in [0.5, 0.6) is 11.6 Å². The lowest BCUT2D eigenvalue weighted by molar-refractivity contribution is 0.449. The molecule has 0 fully saturated rings. The van der Waals surface area contributed by atoms with Crippen LogP contribution in [0.3, 0.4) is 0 Å². The third-order valence-electron chi connectivity index (χ3n) is 2.63. The average Bonchev–Trinajstić information content (AvgIpc) is 2.43. The molecule has 102 valence electrons. The summed E-state index contributed by atoms with van der Waals surface area (Å²) in [6.45, 7) is 1.99. The maximum absolute atomic E-state index is 13.5. The van der Waals surface area contributed by atoms with Gasteiger partial charge in [0.1, 0.15) is 29.1 Å². The van der Waals surface area contributed by atoms with Gasteiger partial charge >= 0.3 is 0 Å². The molecule has 1 aromatic heterocycles. The molecule has 0 radical (unpaired) electrons. The predicted octanol–water partition coefficient (Wildman–Crippen LogP) is 3.89. The topological polar surface area (TPSA) is 58.8 Å². The van der Waals surface area contributed by atoms with Crippen molar-refractivity contribution in [2.45, 2.75) is 19.8 Å². The quantitative estimate of drug-likeness (QED) is 0.802. The van der Waals surface area contributed by atoms with E-state index in [9.17, 15) is 4.39 Å². The molecule has 0 atom stereocenters. The molecule has 20 heavy (non-hydrogen) atoms. The molecular formula is C14H11ClFN3O. The number of hydrogen-bond donors (Lipinski definition) is 0. The minimum absolute atomic E-state index is 0.0353. The Kier molecular flexibility index (Phi) is 4.49. The smallest absolute Gasteiger partial charge is 0.227 e. The van der Waals surface area contributed by atoms with Crippen LogP contribution in [-0.4, -0.2) is 9.97 Å². The van der Waals surface area contributed by atoms with E-state index in [0.717, 1.165) is 12.5 Å². The molecular weight excluding hydrogens is 281 g/mol. The first kappa shape index (κ1) is 14.2. The Bertz CT molecular complexity index is 670. The van der Waals surface area contributed by atoms with E-state index in [1.54, 1.807) is 6.07 Å². The molecule has 0 aliphatic heterocycles. The lowest BCUT2D eigenvalue weighted by atomic mass is 10.2. The zero-order chi connectivity index (χ0) is 14.5.